The Balaban J connectivity index is 1.93. The van der Waals surface area contributed by atoms with Gasteiger partial charge in [-0.1, -0.05) is 24.3 Å². The number of hydrogen-bond acceptors (Lipinski definition) is 5. The molecule has 0 aromatic heterocycles. The van der Waals surface area contributed by atoms with Crippen LogP contribution >= 0.6 is 0 Å². The summed E-state index contributed by atoms with van der Waals surface area (Å²) in [6.07, 6.45) is 0. The van der Waals surface area contributed by atoms with Gasteiger partial charge in [-0.25, -0.2) is 4.39 Å². The van der Waals surface area contributed by atoms with Crippen molar-refractivity contribution in [2.45, 2.75) is 6.92 Å². The summed E-state index contributed by atoms with van der Waals surface area (Å²) in [6, 6.07) is 12.0. The van der Waals surface area contributed by atoms with Crippen LogP contribution in [0.5, 0.6) is 0 Å². The SMILES string of the molecule is CC(=O)N(C1=C(N2CCN(C)CC2)C(=O)c2ccccc2C1=O)c1ccc(F)cc1. The van der Waals surface area contributed by atoms with Crippen LogP contribution < -0.4 is 4.90 Å². The first-order valence-corrected chi connectivity index (χ1v) is 9.81. The van der Waals surface area contributed by atoms with Gasteiger partial charge < -0.3 is 9.80 Å². The van der Waals surface area contributed by atoms with E-state index in [1.54, 1.807) is 24.3 Å². The largest absolute Gasteiger partial charge is 0.364 e. The topological polar surface area (TPSA) is 60.9 Å². The fraction of sp³-hybridized carbons (Fsp3) is 0.261. The van der Waals surface area contributed by atoms with E-state index < -0.39 is 17.5 Å². The molecule has 0 atom stereocenters. The van der Waals surface area contributed by atoms with Crippen LogP contribution in [0.3, 0.4) is 0 Å². The second-order valence-corrected chi connectivity index (χ2v) is 7.52. The fourth-order valence-corrected chi connectivity index (χ4v) is 3.94. The number of rotatable bonds is 3. The lowest BCUT2D eigenvalue weighted by Crippen LogP contribution is -2.49. The van der Waals surface area contributed by atoms with Crippen LogP contribution in [0, 0.1) is 5.82 Å². The summed E-state index contributed by atoms with van der Waals surface area (Å²) in [5.74, 6) is -1.55. The van der Waals surface area contributed by atoms with E-state index in [0.29, 0.717) is 24.3 Å². The van der Waals surface area contributed by atoms with Crippen molar-refractivity contribution in [3.63, 3.8) is 0 Å². The van der Waals surface area contributed by atoms with Gasteiger partial charge in [-0.15, -0.1) is 0 Å². The Kier molecular flexibility index (Phi) is 5.22. The molecule has 1 aliphatic carbocycles. The summed E-state index contributed by atoms with van der Waals surface area (Å²) in [5, 5.41) is 0. The minimum Gasteiger partial charge on any atom is -0.364 e. The third-order valence-corrected chi connectivity index (χ3v) is 5.51. The Hall–Kier alpha value is -3.32. The number of fused-ring (bicyclic) bond motifs is 1. The van der Waals surface area contributed by atoms with Crippen LogP contribution in [-0.2, 0) is 4.79 Å². The predicted octanol–water partition coefficient (Wildman–Crippen LogP) is 2.72. The van der Waals surface area contributed by atoms with E-state index in [4.69, 9.17) is 0 Å². The molecule has 2 aromatic rings. The van der Waals surface area contributed by atoms with Crippen molar-refractivity contribution >= 4 is 23.2 Å². The van der Waals surface area contributed by atoms with Crippen molar-refractivity contribution in [2.75, 3.05) is 38.1 Å². The van der Waals surface area contributed by atoms with E-state index in [2.05, 4.69) is 4.90 Å². The number of amides is 1. The summed E-state index contributed by atoms with van der Waals surface area (Å²) in [6.45, 7) is 3.92. The van der Waals surface area contributed by atoms with E-state index >= 15 is 0 Å². The number of Topliss-reactive ketones (excluding diaryl/α,β-unsaturated/α-hetero) is 2. The lowest BCUT2D eigenvalue weighted by molar-refractivity contribution is -0.116. The minimum absolute atomic E-state index is 0.0300. The maximum atomic E-state index is 13.6. The minimum atomic E-state index is -0.452. The summed E-state index contributed by atoms with van der Waals surface area (Å²) in [5.41, 5.74) is 1.20. The fourth-order valence-electron chi connectivity index (χ4n) is 3.94. The molecular formula is C23H22FN3O3. The smallest absolute Gasteiger partial charge is 0.228 e. The van der Waals surface area contributed by atoms with E-state index in [1.165, 1.54) is 36.1 Å². The average molecular weight is 407 g/mol. The highest BCUT2D eigenvalue weighted by atomic mass is 19.1. The quantitative estimate of drug-likeness (QED) is 0.783. The molecule has 0 radical (unpaired) electrons. The van der Waals surface area contributed by atoms with E-state index in [1.807, 2.05) is 11.9 Å². The Labute approximate surface area is 174 Å². The summed E-state index contributed by atoms with van der Waals surface area (Å²) in [7, 11) is 2.00. The Morgan fingerprint density at radius 2 is 1.47 bits per heavy atom. The Morgan fingerprint density at radius 1 is 0.900 bits per heavy atom. The molecule has 1 aliphatic heterocycles. The highest BCUT2D eigenvalue weighted by Gasteiger charge is 2.39. The van der Waals surface area contributed by atoms with Gasteiger partial charge >= 0.3 is 0 Å². The molecule has 0 N–H and O–H groups in total. The third kappa shape index (κ3) is 3.41. The van der Waals surface area contributed by atoms with Gasteiger partial charge in [0.05, 0.1) is 0 Å². The van der Waals surface area contributed by atoms with Crippen molar-refractivity contribution < 1.29 is 18.8 Å². The molecule has 154 valence electrons. The molecule has 6 nitrogen and oxygen atoms in total. The van der Waals surface area contributed by atoms with Crippen LogP contribution in [-0.4, -0.2) is 60.5 Å². The van der Waals surface area contributed by atoms with Crippen molar-refractivity contribution in [2.24, 2.45) is 0 Å². The van der Waals surface area contributed by atoms with Crippen molar-refractivity contribution in [3.05, 3.63) is 76.9 Å². The molecule has 7 heteroatoms. The Bertz CT molecular complexity index is 1050. The zero-order valence-corrected chi connectivity index (χ0v) is 16.9. The van der Waals surface area contributed by atoms with Crippen molar-refractivity contribution in [1.82, 2.24) is 9.80 Å². The normalized spacial score (nSPS) is 17.2. The highest BCUT2D eigenvalue weighted by Crippen LogP contribution is 2.33. The van der Waals surface area contributed by atoms with E-state index in [9.17, 15) is 18.8 Å². The van der Waals surface area contributed by atoms with Gasteiger partial charge in [0.1, 0.15) is 17.2 Å². The van der Waals surface area contributed by atoms with Crippen LogP contribution in [0.15, 0.2) is 59.9 Å². The zero-order valence-electron chi connectivity index (χ0n) is 16.9. The molecule has 2 aromatic carbocycles. The number of allylic oxidation sites excluding steroid dienone is 2. The second kappa shape index (κ2) is 7.84. The standard InChI is InChI=1S/C23H22FN3O3/c1-15(28)27(17-9-7-16(24)8-10-17)21-20(26-13-11-25(2)12-14-26)22(29)18-5-3-4-6-19(18)23(21)30/h3-10H,11-14H2,1-2H3. The molecule has 4 rings (SSSR count). The van der Waals surface area contributed by atoms with Gasteiger partial charge in [0.2, 0.25) is 17.5 Å². The molecule has 1 amide bonds. The highest BCUT2D eigenvalue weighted by molar-refractivity contribution is 6.29. The summed E-state index contributed by atoms with van der Waals surface area (Å²) in [4.78, 5) is 45.0. The number of hydrogen-bond donors (Lipinski definition) is 0. The van der Waals surface area contributed by atoms with Crippen molar-refractivity contribution in [1.29, 1.82) is 0 Å². The lowest BCUT2D eigenvalue weighted by Gasteiger charge is -2.39. The molecule has 0 bridgehead atoms. The van der Waals surface area contributed by atoms with E-state index in [-0.39, 0.29) is 22.7 Å². The lowest BCUT2D eigenvalue weighted by atomic mass is 9.88. The van der Waals surface area contributed by atoms with E-state index in [0.717, 1.165) is 13.1 Å². The van der Waals surface area contributed by atoms with Crippen molar-refractivity contribution in [3.8, 4) is 0 Å². The average Bonchev–Trinajstić information content (AvgIpc) is 2.74. The second-order valence-electron chi connectivity index (χ2n) is 7.52. The number of benzene rings is 2. The first kappa shape index (κ1) is 20.0. The van der Waals surface area contributed by atoms with Gasteiger partial charge in [0.15, 0.2) is 0 Å². The zero-order chi connectivity index (χ0) is 21.4. The van der Waals surface area contributed by atoms with Gasteiger partial charge in [-0.2, -0.15) is 0 Å². The molecule has 1 saturated heterocycles. The Morgan fingerprint density at radius 3 is 2.03 bits per heavy atom. The first-order valence-electron chi connectivity index (χ1n) is 9.81. The molecule has 2 aliphatic rings. The number of nitrogens with zero attached hydrogens (tertiary/aromatic N) is 3. The van der Waals surface area contributed by atoms with Crippen LogP contribution in [0.2, 0.25) is 0 Å². The number of likely N-dealkylation sites (N-methyl/N-ethyl adjacent to an activating group) is 1. The van der Waals surface area contributed by atoms with Crippen LogP contribution in [0.25, 0.3) is 0 Å². The molecular weight excluding hydrogens is 385 g/mol. The maximum Gasteiger partial charge on any atom is 0.228 e. The van der Waals surface area contributed by atoms with Crippen LogP contribution in [0.4, 0.5) is 10.1 Å². The maximum absolute atomic E-state index is 13.6. The first-order chi connectivity index (χ1) is 14.4. The van der Waals surface area contributed by atoms with Gasteiger partial charge in [-0.05, 0) is 31.3 Å². The predicted molar refractivity (Wildman–Crippen MR) is 111 cm³/mol. The van der Waals surface area contributed by atoms with Gasteiger partial charge in [0.25, 0.3) is 0 Å². The summed E-state index contributed by atoms with van der Waals surface area (Å²) >= 11 is 0. The molecule has 0 spiro atoms. The molecule has 1 fully saturated rings. The number of anilines is 1. The van der Waals surface area contributed by atoms with Gasteiger partial charge in [-0.3, -0.25) is 19.3 Å². The molecule has 0 unspecified atom stereocenters. The monoisotopic (exact) mass is 407 g/mol. The molecule has 0 saturated carbocycles. The number of carbonyl (C=O) groups is 3. The number of piperazine rings is 1. The molecule has 1 heterocycles. The van der Waals surface area contributed by atoms with Gasteiger partial charge in [0, 0.05) is 49.9 Å². The number of halogens is 1. The number of ketones is 2. The summed E-state index contributed by atoms with van der Waals surface area (Å²) < 4.78 is 13.5. The molecule has 30 heavy (non-hydrogen) atoms. The van der Waals surface area contributed by atoms with Crippen LogP contribution in [0.1, 0.15) is 27.6 Å². The number of carbonyl (C=O) groups excluding carboxylic acids is 3. The third-order valence-electron chi connectivity index (χ3n) is 5.51.